The lowest BCUT2D eigenvalue weighted by Gasteiger charge is -2.14. The van der Waals surface area contributed by atoms with E-state index in [-0.39, 0.29) is 24.2 Å². The van der Waals surface area contributed by atoms with Gasteiger partial charge in [0.2, 0.25) is 0 Å². The van der Waals surface area contributed by atoms with Crippen LogP contribution in [-0.2, 0) is 4.74 Å². The Hall–Kier alpha value is -3.66. The van der Waals surface area contributed by atoms with Crippen LogP contribution in [0.5, 0.6) is 23.0 Å². The van der Waals surface area contributed by atoms with Gasteiger partial charge < -0.3 is 23.5 Å². The number of hydrogen-bond donors (Lipinski definition) is 0. The summed E-state index contributed by atoms with van der Waals surface area (Å²) in [6, 6.07) is 17.6. The summed E-state index contributed by atoms with van der Waals surface area (Å²) in [5.74, 6) is 0.257. The Morgan fingerprint density at radius 2 is 1.59 bits per heavy atom. The van der Waals surface area contributed by atoms with Gasteiger partial charge >= 0.3 is 12.3 Å². The lowest BCUT2D eigenvalue weighted by Crippen LogP contribution is -2.17. The van der Waals surface area contributed by atoms with E-state index in [4.69, 9.17) is 14.2 Å². The fourth-order valence-corrected chi connectivity index (χ4v) is 4.43. The first kappa shape index (κ1) is 26.4. The summed E-state index contributed by atoms with van der Waals surface area (Å²) in [5.41, 5.74) is 1.58. The van der Waals surface area contributed by atoms with Gasteiger partial charge in [0, 0.05) is 23.2 Å². The lowest BCUT2D eigenvalue weighted by atomic mass is 10.2. The number of esters is 1. The second kappa shape index (κ2) is 10.8. The molecule has 3 aromatic carbocycles. The van der Waals surface area contributed by atoms with Crippen LogP contribution in [0.2, 0.25) is 0 Å². The smallest absolute Gasteiger partial charge is 0.491 e. The standard InChI is InChI=1S/C27H23BrF3NO5/c1-4-34-26(33)25-24(28)22-13-12-20(36-19-6-5-7-21(14-19)37-27(29,30)31)15-23(22)32(25)17-8-10-18(11-9-17)35-16(2)3/h5-16H,4H2,1-3H3. The minimum atomic E-state index is -4.82. The van der Waals surface area contributed by atoms with E-state index in [1.54, 1.807) is 41.8 Å². The van der Waals surface area contributed by atoms with E-state index in [0.29, 0.717) is 32.6 Å². The van der Waals surface area contributed by atoms with Gasteiger partial charge in [-0.1, -0.05) is 6.07 Å². The molecule has 6 nitrogen and oxygen atoms in total. The molecule has 0 aliphatic rings. The van der Waals surface area contributed by atoms with Gasteiger partial charge in [0.25, 0.3) is 0 Å². The van der Waals surface area contributed by atoms with Crippen LogP contribution < -0.4 is 14.2 Å². The molecule has 0 saturated carbocycles. The Balaban J connectivity index is 1.78. The molecule has 4 rings (SSSR count). The van der Waals surface area contributed by atoms with Gasteiger partial charge in [-0.25, -0.2) is 4.79 Å². The van der Waals surface area contributed by atoms with Gasteiger partial charge in [-0.15, -0.1) is 13.2 Å². The van der Waals surface area contributed by atoms with E-state index < -0.39 is 18.1 Å². The largest absolute Gasteiger partial charge is 0.573 e. The summed E-state index contributed by atoms with van der Waals surface area (Å²) in [6.45, 7) is 5.77. The van der Waals surface area contributed by atoms with Gasteiger partial charge in [-0.3, -0.25) is 0 Å². The monoisotopic (exact) mass is 577 g/mol. The third-order valence-corrected chi connectivity index (χ3v) is 5.89. The SMILES string of the molecule is CCOC(=O)c1c(Br)c2ccc(Oc3cccc(OC(F)(F)F)c3)cc2n1-c1ccc(OC(C)C)cc1. The first-order valence-corrected chi connectivity index (χ1v) is 12.2. The molecule has 10 heteroatoms. The first-order valence-electron chi connectivity index (χ1n) is 11.4. The normalized spacial score (nSPS) is 11.6. The number of carbonyl (C=O) groups excluding carboxylic acids is 1. The molecular weight excluding hydrogens is 555 g/mol. The topological polar surface area (TPSA) is 58.9 Å². The van der Waals surface area contributed by atoms with Gasteiger partial charge in [-0.2, -0.15) is 0 Å². The van der Waals surface area contributed by atoms with Crippen LogP contribution in [0.3, 0.4) is 0 Å². The molecule has 0 aliphatic heterocycles. The zero-order valence-corrected chi connectivity index (χ0v) is 21.7. The van der Waals surface area contributed by atoms with E-state index >= 15 is 0 Å². The number of rotatable bonds is 8. The highest BCUT2D eigenvalue weighted by Crippen LogP contribution is 2.38. The van der Waals surface area contributed by atoms with E-state index in [1.165, 1.54) is 18.2 Å². The number of ether oxygens (including phenoxy) is 4. The van der Waals surface area contributed by atoms with Crippen molar-refractivity contribution in [3.8, 4) is 28.7 Å². The van der Waals surface area contributed by atoms with Crippen molar-refractivity contribution in [2.75, 3.05) is 6.61 Å². The van der Waals surface area contributed by atoms with Crippen LogP contribution >= 0.6 is 15.9 Å². The average Bonchev–Trinajstić information content (AvgIpc) is 3.10. The molecule has 0 unspecified atom stereocenters. The molecule has 194 valence electrons. The van der Waals surface area contributed by atoms with Crippen molar-refractivity contribution < 1.29 is 36.9 Å². The number of fused-ring (bicyclic) bond motifs is 1. The summed E-state index contributed by atoms with van der Waals surface area (Å²) in [7, 11) is 0. The number of halogens is 4. The predicted octanol–water partition coefficient (Wildman–Crippen LogP) is 8.05. The molecule has 0 fully saturated rings. The average molecular weight is 578 g/mol. The van der Waals surface area contributed by atoms with Crippen LogP contribution in [0.25, 0.3) is 16.6 Å². The number of nitrogens with zero attached hydrogens (tertiary/aromatic N) is 1. The van der Waals surface area contributed by atoms with Gasteiger partial charge in [-0.05, 0) is 85.2 Å². The molecule has 0 N–H and O–H groups in total. The maximum absolute atomic E-state index is 12.9. The molecule has 37 heavy (non-hydrogen) atoms. The van der Waals surface area contributed by atoms with Crippen molar-refractivity contribution in [2.24, 2.45) is 0 Å². The van der Waals surface area contributed by atoms with E-state index in [0.717, 1.165) is 6.07 Å². The zero-order valence-electron chi connectivity index (χ0n) is 20.1. The number of hydrogen-bond acceptors (Lipinski definition) is 5. The lowest BCUT2D eigenvalue weighted by molar-refractivity contribution is -0.274. The van der Waals surface area contributed by atoms with Crippen molar-refractivity contribution in [1.29, 1.82) is 0 Å². The maximum Gasteiger partial charge on any atom is 0.573 e. The fourth-order valence-electron chi connectivity index (χ4n) is 3.76. The summed E-state index contributed by atoms with van der Waals surface area (Å²) >= 11 is 3.54. The zero-order chi connectivity index (χ0) is 26.7. The van der Waals surface area contributed by atoms with Crippen molar-refractivity contribution in [3.05, 3.63) is 76.9 Å². The summed E-state index contributed by atoms with van der Waals surface area (Å²) in [4.78, 5) is 12.9. The van der Waals surface area contributed by atoms with Crippen LogP contribution in [-0.4, -0.2) is 29.6 Å². The van der Waals surface area contributed by atoms with E-state index in [1.807, 2.05) is 26.0 Å². The van der Waals surface area contributed by atoms with Gasteiger partial charge in [0.1, 0.15) is 28.7 Å². The molecule has 4 aromatic rings. The molecule has 0 atom stereocenters. The number of carbonyl (C=O) groups is 1. The summed E-state index contributed by atoms with van der Waals surface area (Å²) in [6.07, 6.45) is -4.81. The molecule has 1 heterocycles. The van der Waals surface area contributed by atoms with Crippen molar-refractivity contribution in [3.63, 3.8) is 0 Å². The minimum absolute atomic E-state index is 0.00207. The Labute approximate surface area is 219 Å². The number of benzene rings is 3. The van der Waals surface area contributed by atoms with Crippen LogP contribution in [0.4, 0.5) is 13.2 Å². The molecule has 0 bridgehead atoms. The minimum Gasteiger partial charge on any atom is -0.491 e. The molecular formula is C27H23BrF3NO5. The number of alkyl halides is 3. The number of aromatic nitrogens is 1. The van der Waals surface area contributed by atoms with Crippen LogP contribution in [0.15, 0.2) is 71.2 Å². The highest BCUT2D eigenvalue weighted by atomic mass is 79.9. The summed E-state index contributed by atoms with van der Waals surface area (Å²) in [5, 5.41) is 0.715. The molecule has 0 amide bonds. The van der Waals surface area contributed by atoms with Crippen molar-refractivity contribution in [2.45, 2.75) is 33.2 Å². The molecule has 0 radical (unpaired) electrons. The highest BCUT2D eigenvalue weighted by molar-refractivity contribution is 9.10. The van der Waals surface area contributed by atoms with Gasteiger partial charge in [0.05, 0.1) is 22.7 Å². The molecule has 0 aliphatic carbocycles. The highest BCUT2D eigenvalue weighted by Gasteiger charge is 2.31. The Morgan fingerprint density at radius 3 is 2.24 bits per heavy atom. The van der Waals surface area contributed by atoms with Crippen LogP contribution in [0.1, 0.15) is 31.3 Å². The Kier molecular flexibility index (Phi) is 7.68. The van der Waals surface area contributed by atoms with Gasteiger partial charge in [0.15, 0.2) is 0 Å². The molecule has 1 aromatic heterocycles. The second-order valence-electron chi connectivity index (χ2n) is 8.18. The van der Waals surface area contributed by atoms with E-state index in [9.17, 15) is 18.0 Å². The van der Waals surface area contributed by atoms with Crippen molar-refractivity contribution in [1.82, 2.24) is 4.57 Å². The first-order chi connectivity index (χ1) is 17.6. The third kappa shape index (κ3) is 6.19. The summed E-state index contributed by atoms with van der Waals surface area (Å²) < 4.78 is 61.0. The second-order valence-corrected chi connectivity index (χ2v) is 8.98. The molecule has 0 saturated heterocycles. The Morgan fingerprint density at radius 1 is 0.946 bits per heavy atom. The maximum atomic E-state index is 12.9. The third-order valence-electron chi connectivity index (χ3n) is 5.09. The van der Waals surface area contributed by atoms with Crippen LogP contribution in [0, 0.1) is 0 Å². The van der Waals surface area contributed by atoms with E-state index in [2.05, 4.69) is 20.7 Å². The predicted molar refractivity (Wildman–Crippen MR) is 136 cm³/mol. The molecule has 0 spiro atoms. The van der Waals surface area contributed by atoms with Crippen molar-refractivity contribution >= 4 is 32.8 Å². The Bertz CT molecular complexity index is 1410. The fraction of sp³-hybridized carbons (Fsp3) is 0.222. The quantitative estimate of drug-likeness (QED) is 0.198.